The van der Waals surface area contributed by atoms with E-state index in [1.54, 1.807) is 0 Å². The Morgan fingerprint density at radius 1 is 1.19 bits per heavy atom. The monoisotopic (exact) mass is 353 g/mol. The molecule has 0 aliphatic carbocycles. The molecule has 0 amide bonds. The Hall–Kier alpha value is -1.43. The number of benzene rings is 1. The molecule has 6 heteroatoms. The average Bonchev–Trinajstić information content (AvgIpc) is 2.79. The number of ether oxygens (including phenoxy) is 2. The third-order valence-corrected chi connectivity index (χ3v) is 4.43. The fourth-order valence-electron chi connectivity index (χ4n) is 2.68. The summed E-state index contributed by atoms with van der Waals surface area (Å²) in [5.41, 5.74) is 7.18. The van der Waals surface area contributed by atoms with Crippen LogP contribution >= 0.6 is 15.9 Å². The molecule has 5 nitrogen and oxygen atoms in total. The first-order valence-corrected chi connectivity index (χ1v) is 8.16. The van der Waals surface area contributed by atoms with E-state index in [4.69, 9.17) is 15.2 Å². The predicted octanol–water partition coefficient (Wildman–Crippen LogP) is 2.87. The number of rotatable bonds is 2. The van der Waals surface area contributed by atoms with Crippen LogP contribution in [0.3, 0.4) is 0 Å². The molecule has 2 heterocycles. The molecule has 3 rings (SSSR count). The molecule has 0 saturated carbocycles. The summed E-state index contributed by atoms with van der Waals surface area (Å²) < 4.78 is 11.7. The van der Waals surface area contributed by atoms with Crippen LogP contribution < -0.4 is 15.2 Å². The minimum atomic E-state index is 0.274. The molecule has 0 aromatic heterocycles. The lowest BCUT2D eigenvalue weighted by Gasteiger charge is -2.21. The van der Waals surface area contributed by atoms with Gasteiger partial charge in [-0.05, 0) is 46.5 Å². The predicted molar refractivity (Wildman–Crippen MR) is 85.6 cm³/mol. The summed E-state index contributed by atoms with van der Waals surface area (Å²) in [6.45, 7) is 2.86. The lowest BCUT2D eigenvalue weighted by molar-refractivity contribution is 0.173. The molecule has 1 aromatic rings. The van der Waals surface area contributed by atoms with E-state index in [0.717, 1.165) is 34.6 Å². The Morgan fingerprint density at radius 2 is 1.95 bits per heavy atom. The molecule has 2 N–H and O–H groups in total. The second-order valence-electron chi connectivity index (χ2n) is 5.39. The number of nitrogens with zero attached hydrogens (tertiary/aromatic N) is 2. The number of aliphatic imine (C=N–C) groups is 1. The zero-order valence-corrected chi connectivity index (χ0v) is 13.6. The fraction of sp³-hybridized carbons (Fsp3) is 0.533. The van der Waals surface area contributed by atoms with Gasteiger partial charge in [0, 0.05) is 13.1 Å². The fourth-order valence-corrected chi connectivity index (χ4v) is 3.29. The van der Waals surface area contributed by atoms with Crippen LogP contribution in [0.15, 0.2) is 21.6 Å². The number of halogens is 1. The topological polar surface area (TPSA) is 60.1 Å². The summed E-state index contributed by atoms with van der Waals surface area (Å²) in [7, 11) is 0. The first-order chi connectivity index (χ1) is 10.2. The molecular formula is C15H20BrN3O2. The van der Waals surface area contributed by atoms with E-state index in [2.05, 4.69) is 25.8 Å². The highest BCUT2D eigenvalue weighted by Crippen LogP contribution is 2.40. The van der Waals surface area contributed by atoms with Crippen LogP contribution in [0.2, 0.25) is 0 Å². The van der Waals surface area contributed by atoms with E-state index in [1.165, 1.54) is 25.7 Å². The van der Waals surface area contributed by atoms with E-state index < -0.39 is 0 Å². The van der Waals surface area contributed by atoms with Gasteiger partial charge in [-0.1, -0.05) is 12.8 Å². The Bertz CT molecular complexity index is 540. The van der Waals surface area contributed by atoms with Crippen LogP contribution in [0, 0.1) is 0 Å². The minimum absolute atomic E-state index is 0.274. The van der Waals surface area contributed by atoms with Crippen molar-refractivity contribution in [1.29, 1.82) is 0 Å². The molecular weight excluding hydrogens is 334 g/mol. The zero-order chi connectivity index (χ0) is 14.7. The number of hydrogen-bond acceptors (Lipinski definition) is 3. The summed E-state index contributed by atoms with van der Waals surface area (Å²) >= 11 is 3.50. The van der Waals surface area contributed by atoms with E-state index in [9.17, 15) is 0 Å². The van der Waals surface area contributed by atoms with Gasteiger partial charge in [-0.25, -0.2) is 4.99 Å². The Labute approximate surface area is 133 Å². The smallest absolute Gasteiger partial charge is 0.231 e. The van der Waals surface area contributed by atoms with Crippen molar-refractivity contribution < 1.29 is 9.47 Å². The van der Waals surface area contributed by atoms with Crippen LogP contribution in [-0.2, 0) is 6.54 Å². The lowest BCUT2D eigenvalue weighted by atomic mass is 10.2. The molecule has 0 bridgehead atoms. The molecule has 0 unspecified atom stereocenters. The molecule has 2 aliphatic heterocycles. The van der Waals surface area contributed by atoms with Gasteiger partial charge in [0.1, 0.15) is 0 Å². The second-order valence-corrected chi connectivity index (χ2v) is 6.24. The Morgan fingerprint density at radius 3 is 2.71 bits per heavy atom. The largest absolute Gasteiger partial charge is 0.454 e. The van der Waals surface area contributed by atoms with Crippen LogP contribution in [0.4, 0.5) is 0 Å². The van der Waals surface area contributed by atoms with E-state index >= 15 is 0 Å². The highest BCUT2D eigenvalue weighted by Gasteiger charge is 2.18. The van der Waals surface area contributed by atoms with Crippen molar-refractivity contribution in [2.45, 2.75) is 32.2 Å². The van der Waals surface area contributed by atoms with E-state index in [1.807, 2.05) is 12.1 Å². The van der Waals surface area contributed by atoms with Crippen LogP contribution in [0.1, 0.15) is 31.2 Å². The first-order valence-electron chi connectivity index (χ1n) is 7.37. The van der Waals surface area contributed by atoms with Gasteiger partial charge in [0.2, 0.25) is 6.79 Å². The number of hydrogen-bond donors (Lipinski definition) is 1. The third kappa shape index (κ3) is 3.43. The quantitative estimate of drug-likeness (QED) is 0.655. The molecule has 1 fully saturated rings. The maximum atomic E-state index is 6.12. The highest BCUT2D eigenvalue weighted by atomic mass is 79.9. The number of likely N-dealkylation sites (tertiary alicyclic amines) is 1. The number of nitrogens with two attached hydrogens (primary N) is 1. The van der Waals surface area contributed by atoms with Crippen molar-refractivity contribution >= 4 is 21.9 Å². The standard InChI is InChI=1S/C15H20BrN3O2/c16-12-7-11(8-13-14(12)21-10-20-13)9-18-15(17)19-5-3-1-2-4-6-19/h7-8H,1-6,9-10H2,(H2,17,18). The first kappa shape index (κ1) is 14.5. The van der Waals surface area contributed by atoms with Gasteiger partial charge in [0.25, 0.3) is 0 Å². The average molecular weight is 354 g/mol. The minimum Gasteiger partial charge on any atom is -0.454 e. The summed E-state index contributed by atoms with van der Waals surface area (Å²) in [5, 5.41) is 0. The van der Waals surface area contributed by atoms with Gasteiger partial charge in [-0.3, -0.25) is 0 Å². The Kier molecular flexibility index (Phi) is 4.53. The van der Waals surface area contributed by atoms with Gasteiger partial charge in [0.15, 0.2) is 17.5 Å². The van der Waals surface area contributed by atoms with Gasteiger partial charge in [-0.2, -0.15) is 0 Å². The molecule has 21 heavy (non-hydrogen) atoms. The number of fused-ring (bicyclic) bond motifs is 1. The van der Waals surface area contributed by atoms with Gasteiger partial charge in [0.05, 0.1) is 11.0 Å². The normalized spacial score (nSPS) is 18.7. The maximum absolute atomic E-state index is 6.12. The molecule has 2 aliphatic rings. The molecule has 1 saturated heterocycles. The highest BCUT2D eigenvalue weighted by molar-refractivity contribution is 9.10. The van der Waals surface area contributed by atoms with Crippen LogP contribution in [0.25, 0.3) is 0 Å². The van der Waals surface area contributed by atoms with Gasteiger partial charge in [-0.15, -0.1) is 0 Å². The van der Waals surface area contributed by atoms with Crippen molar-refractivity contribution in [1.82, 2.24) is 4.90 Å². The van der Waals surface area contributed by atoms with Gasteiger partial charge >= 0.3 is 0 Å². The lowest BCUT2D eigenvalue weighted by Crippen LogP contribution is -2.38. The number of guanidine groups is 1. The molecule has 114 valence electrons. The van der Waals surface area contributed by atoms with Gasteiger partial charge < -0.3 is 20.1 Å². The van der Waals surface area contributed by atoms with E-state index in [0.29, 0.717) is 12.5 Å². The summed E-state index contributed by atoms with van der Waals surface area (Å²) in [6, 6.07) is 3.97. The van der Waals surface area contributed by atoms with Crippen molar-refractivity contribution in [3.05, 3.63) is 22.2 Å². The SMILES string of the molecule is NC(=NCc1cc(Br)c2c(c1)OCO2)N1CCCCCC1. The molecule has 0 atom stereocenters. The van der Waals surface area contributed by atoms with Crippen LogP contribution in [0.5, 0.6) is 11.5 Å². The zero-order valence-electron chi connectivity index (χ0n) is 12.0. The maximum Gasteiger partial charge on any atom is 0.231 e. The second kappa shape index (κ2) is 6.56. The molecule has 0 spiro atoms. The summed E-state index contributed by atoms with van der Waals surface area (Å²) in [4.78, 5) is 6.72. The Balaban J connectivity index is 1.68. The van der Waals surface area contributed by atoms with Crippen molar-refractivity contribution in [3.8, 4) is 11.5 Å². The molecule has 0 radical (unpaired) electrons. The summed E-state index contributed by atoms with van der Waals surface area (Å²) in [5.74, 6) is 2.18. The molecule has 1 aromatic carbocycles. The van der Waals surface area contributed by atoms with Crippen molar-refractivity contribution in [2.24, 2.45) is 10.7 Å². The van der Waals surface area contributed by atoms with Crippen molar-refractivity contribution in [3.63, 3.8) is 0 Å². The van der Waals surface area contributed by atoms with E-state index in [-0.39, 0.29) is 6.79 Å². The van der Waals surface area contributed by atoms with Crippen molar-refractivity contribution in [2.75, 3.05) is 19.9 Å². The van der Waals surface area contributed by atoms with Crippen LogP contribution in [-0.4, -0.2) is 30.7 Å². The summed E-state index contributed by atoms with van der Waals surface area (Å²) in [6.07, 6.45) is 4.98. The third-order valence-electron chi connectivity index (χ3n) is 3.84.